The van der Waals surface area contributed by atoms with Crippen molar-refractivity contribution in [3.8, 4) is 0 Å². The lowest BCUT2D eigenvalue weighted by Gasteiger charge is -2.26. The quantitative estimate of drug-likeness (QED) is 0.747. The van der Waals surface area contributed by atoms with Gasteiger partial charge in [-0.25, -0.2) is 0 Å². The van der Waals surface area contributed by atoms with Crippen LogP contribution in [0, 0.1) is 0 Å². The van der Waals surface area contributed by atoms with Gasteiger partial charge in [0.1, 0.15) is 6.61 Å². The van der Waals surface area contributed by atoms with Crippen molar-refractivity contribution in [2.45, 2.75) is 18.4 Å². The first-order valence-electron chi connectivity index (χ1n) is 9.79. The first-order valence-corrected chi connectivity index (χ1v) is 9.79. The highest BCUT2D eigenvalue weighted by Gasteiger charge is 2.36. The number of carbonyl (C=O) groups excluding carboxylic acids is 4. The van der Waals surface area contributed by atoms with Crippen LogP contribution in [0.5, 0.6) is 0 Å². The van der Waals surface area contributed by atoms with E-state index in [0.717, 1.165) is 11.3 Å². The molecule has 0 saturated carbocycles. The molecular formula is C22H19N3O5. The minimum atomic E-state index is -0.489. The van der Waals surface area contributed by atoms with Gasteiger partial charge in [-0.3, -0.25) is 24.5 Å². The molecule has 1 saturated heterocycles. The Balaban J connectivity index is 1.42. The van der Waals surface area contributed by atoms with Gasteiger partial charge in [0.2, 0.25) is 5.91 Å². The number of ether oxygens (including phenoxy) is 1. The van der Waals surface area contributed by atoms with Crippen LogP contribution >= 0.6 is 0 Å². The zero-order chi connectivity index (χ0) is 20.8. The zero-order valence-electron chi connectivity index (χ0n) is 16.0. The Bertz CT molecular complexity index is 1100. The van der Waals surface area contributed by atoms with Gasteiger partial charge >= 0.3 is 0 Å². The number of para-hydroxylation sites is 1. The molecular weight excluding hydrogens is 386 g/mol. The normalized spacial score (nSPS) is 22.4. The van der Waals surface area contributed by atoms with E-state index in [1.807, 2.05) is 24.3 Å². The number of anilines is 1. The van der Waals surface area contributed by atoms with Crippen molar-refractivity contribution < 1.29 is 23.9 Å². The maximum Gasteiger partial charge on any atom is 0.258 e. The van der Waals surface area contributed by atoms with Crippen LogP contribution in [0.15, 0.2) is 42.5 Å². The second-order valence-electron chi connectivity index (χ2n) is 7.73. The summed E-state index contributed by atoms with van der Waals surface area (Å²) in [6, 6.07) is 12.2. The molecule has 0 aliphatic carbocycles. The monoisotopic (exact) mass is 405 g/mol. The lowest BCUT2D eigenvalue weighted by Crippen LogP contribution is -2.46. The molecule has 3 aliphatic rings. The fourth-order valence-electron chi connectivity index (χ4n) is 4.42. The fraction of sp³-hybridized carbons (Fsp3) is 0.273. The van der Waals surface area contributed by atoms with Crippen LogP contribution in [-0.4, -0.2) is 49.4 Å². The van der Waals surface area contributed by atoms with E-state index in [1.54, 1.807) is 11.0 Å². The van der Waals surface area contributed by atoms with Gasteiger partial charge in [0, 0.05) is 23.7 Å². The summed E-state index contributed by atoms with van der Waals surface area (Å²) in [6.45, 7) is 0.996. The van der Waals surface area contributed by atoms with Gasteiger partial charge in [0.15, 0.2) is 0 Å². The van der Waals surface area contributed by atoms with Crippen molar-refractivity contribution in [1.82, 2.24) is 10.6 Å². The molecule has 0 aromatic heterocycles. The summed E-state index contributed by atoms with van der Waals surface area (Å²) < 4.78 is 5.34. The third kappa shape index (κ3) is 3.05. The number of nitrogens with zero attached hydrogens (tertiary/aromatic N) is 1. The highest BCUT2D eigenvalue weighted by Crippen LogP contribution is 2.39. The van der Waals surface area contributed by atoms with Crippen LogP contribution in [0.25, 0.3) is 0 Å². The van der Waals surface area contributed by atoms with E-state index in [1.165, 1.54) is 12.1 Å². The third-order valence-corrected chi connectivity index (χ3v) is 5.78. The van der Waals surface area contributed by atoms with Gasteiger partial charge in [0.25, 0.3) is 17.7 Å². The van der Waals surface area contributed by atoms with Crippen molar-refractivity contribution in [1.29, 1.82) is 0 Å². The molecule has 0 spiro atoms. The Labute approximate surface area is 172 Å². The van der Waals surface area contributed by atoms with E-state index in [4.69, 9.17) is 4.74 Å². The molecule has 30 heavy (non-hydrogen) atoms. The molecule has 2 N–H and O–H groups in total. The molecule has 2 unspecified atom stereocenters. The van der Waals surface area contributed by atoms with Crippen LogP contribution < -0.4 is 15.5 Å². The summed E-state index contributed by atoms with van der Waals surface area (Å²) in [5.41, 5.74) is 2.71. The van der Waals surface area contributed by atoms with Crippen LogP contribution in [0.2, 0.25) is 0 Å². The maximum atomic E-state index is 13.3. The van der Waals surface area contributed by atoms with Gasteiger partial charge < -0.3 is 15.0 Å². The Kier molecular flexibility index (Phi) is 4.36. The first kappa shape index (κ1) is 18.5. The number of benzene rings is 2. The lowest BCUT2D eigenvalue weighted by molar-refractivity contribution is -0.131. The molecule has 8 nitrogen and oxygen atoms in total. The molecule has 0 radical (unpaired) electrons. The number of nitrogens with one attached hydrogen (secondary N) is 2. The summed E-state index contributed by atoms with van der Waals surface area (Å²) >= 11 is 0. The number of fused-ring (bicyclic) bond motifs is 2. The van der Waals surface area contributed by atoms with E-state index in [-0.39, 0.29) is 41.5 Å². The number of hydrogen-bond donors (Lipinski definition) is 2. The summed E-state index contributed by atoms with van der Waals surface area (Å²) in [5, 5.41) is 5.18. The predicted octanol–water partition coefficient (Wildman–Crippen LogP) is 1.22. The van der Waals surface area contributed by atoms with Crippen LogP contribution in [0.3, 0.4) is 0 Å². The first-order chi connectivity index (χ1) is 14.5. The Morgan fingerprint density at radius 2 is 1.87 bits per heavy atom. The van der Waals surface area contributed by atoms with Gasteiger partial charge in [-0.15, -0.1) is 0 Å². The highest BCUT2D eigenvalue weighted by molar-refractivity contribution is 6.22. The van der Waals surface area contributed by atoms with Crippen molar-refractivity contribution in [3.63, 3.8) is 0 Å². The SMILES string of the molecule is O=C1COCC(CC2CN(C(=O)c3ccc4c(c3)C(=O)NC4=O)c3ccccc32)N1. The smallest absolute Gasteiger partial charge is 0.258 e. The second kappa shape index (κ2) is 7.07. The predicted molar refractivity (Wildman–Crippen MR) is 106 cm³/mol. The van der Waals surface area contributed by atoms with Gasteiger partial charge in [-0.1, -0.05) is 18.2 Å². The molecule has 152 valence electrons. The molecule has 2 aromatic carbocycles. The molecule has 2 atom stereocenters. The molecule has 2 aromatic rings. The second-order valence-corrected chi connectivity index (χ2v) is 7.73. The number of amides is 4. The zero-order valence-corrected chi connectivity index (χ0v) is 16.0. The Hall–Kier alpha value is -3.52. The van der Waals surface area contributed by atoms with Crippen LogP contribution in [0.4, 0.5) is 5.69 Å². The molecule has 5 rings (SSSR count). The van der Waals surface area contributed by atoms with Crippen molar-refractivity contribution in [2.24, 2.45) is 0 Å². The number of morpholine rings is 1. The Morgan fingerprint density at radius 3 is 2.70 bits per heavy atom. The molecule has 3 heterocycles. The standard InChI is InChI=1S/C22H19N3O5/c26-19-11-30-10-14(23-19)7-13-9-25(18-4-2-1-3-15(13)18)22(29)12-5-6-16-17(8-12)21(28)24-20(16)27/h1-6,8,13-14H,7,9-11H2,(H,23,26)(H,24,27,28). The van der Waals surface area contributed by atoms with Crippen molar-refractivity contribution >= 4 is 29.3 Å². The van der Waals surface area contributed by atoms with E-state index >= 15 is 0 Å². The largest absolute Gasteiger partial charge is 0.370 e. The third-order valence-electron chi connectivity index (χ3n) is 5.78. The number of hydrogen-bond acceptors (Lipinski definition) is 5. The molecule has 8 heteroatoms. The van der Waals surface area contributed by atoms with E-state index in [2.05, 4.69) is 10.6 Å². The molecule has 1 fully saturated rings. The number of imide groups is 1. The fourth-order valence-corrected chi connectivity index (χ4v) is 4.42. The molecule has 3 aliphatic heterocycles. The van der Waals surface area contributed by atoms with E-state index in [0.29, 0.717) is 25.1 Å². The molecule has 4 amide bonds. The lowest BCUT2D eigenvalue weighted by atomic mass is 9.94. The summed E-state index contributed by atoms with van der Waals surface area (Å²) in [4.78, 5) is 50.4. The minimum absolute atomic E-state index is 0.0523. The summed E-state index contributed by atoms with van der Waals surface area (Å²) in [5.74, 6) is -1.24. The summed E-state index contributed by atoms with van der Waals surface area (Å²) in [7, 11) is 0. The maximum absolute atomic E-state index is 13.3. The van der Waals surface area contributed by atoms with Gasteiger partial charge in [-0.2, -0.15) is 0 Å². The molecule has 0 bridgehead atoms. The van der Waals surface area contributed by atoms with Crippen LogP contribution in [-0.2, 0) is 9.53 Å². The topological polar surface area (TPSA) is 105 Å². The van der Waals surface area contributed by atoms with Crippen molar-refractivity contribution in [2.75, 3.05) is 24.7 Å². The summed E-state index contributed by atoms with van der Waals surface area (Å²) in [6.07, 6.45) is 0.660. The van der Waals surface area contributed by atoms with Crippen LogP contribution in [0.1, 0.15) is 49.0 Å². The average molecular weight is 405 g/mol. The van der Waals surface area contributed by atoms with Gasteiger partial charge in [0.05, 0.1) is 23.8 Å². The minimum Gasteiger partial charge on any atom is -0.370 e. The van der Waals surface area contributed by atoms with E-state index in [9.17, 15) is 19.2 Å². The average Bonchev–Trinajstić information content (AvgIpc) is 3.25. The number of rotatable bonds is 3. The highest BCUT2D eigenvalue weighted by atomic mass is 16.5. The van der Waals surface area contributed by atoms with Crippen molar-refractivity contribution in [3.05, 3.63) is 64.7 Å². The number of carbonyl (C=O) groups is 4. The van der Waals surface area contributed by atoms with E-state index < -0.39 is 11.8 Å². The Morgan fingerprint density at radius 1 is 1.07 bits per heavy atom. The van der Waals surface area contributed by atoms with Gasteiger partial charge in [-0.05, 0) is 36.2 Å².